The molecule has 4 heteroatoms. The van der Waals surface area contributed by atoms with Crippen LogP contribution in [0.5, 0.6) is 5.75 Å². The topological polar surface area (TPSA) is 38.8 Å². The predicted molar refractivity (Wildman–Crippen MR) is 75.5 cm³/mol. The molecular formula is C15H23NO3. The van der Waals surface area contributed by atoms with Gasteiger partial charge in [-0.2, -0.15) is 0 Å². The van der Waals surface area contributed by atoms with Crippen molar-refractivity contribution in [1.82, 2.24) is 4.90 Å². The van der Waals surface area contributed by atoms with Gasteiger partial charge in [-0.3, -0.25) is 4.79 Å². The lowest BCUT2D eigenvalue weighted by Gasteiger charge is -2.26. The van der Waals surface area contributed by atoms with Crippen molar-refractivity contribution in [2.75, 3.05) is 28.3 Å². The van der Waals surface area contributed by atoms with Gasteiger partial charge in [0.15, 0.2) is 0 Å². The molecule has 1 atom stereocenters. The number of carbonyl (C=O) groups excluding carboxylic acids is 1. The minimum absolute atomic E-state index is 0.0112. The zero-order valence-electron chi connectivity index (χ0n) is 12.6. The third-order valence-corrected chi connectivity index (χ3v) is 3.57. The van der Waals surface area contributed by atoms with E-state index in [0.717, 1.165) is 22.4 Å². The summed E-state index contributed by atoms with van der Waals surface area (Å²) in [5.41, 5.74) is 3.40. The molecule has 0 aromatic heterocycles. The minimum atomic E-state index is -0.202. The molecule has 0 aliphatic heterocycles. The van der Waals surface area contributed by atoms with E-state index in [1.807, 2.05) is 38.1 Å². The van der Waals surface area contributed by atoms with Crippen molar-refractivity contribution >= 4 is 5.97 Å². The molecule has 0 spiro atoms. The summed E-state index contributed by atoms with van der Waals surface area (Å²) in [6, 6.07) is 3.98. The van der Waals surface area contributed by atoms with Crippen LogP contribution in [-0.2, 0) is 9.53 Å². The molecule has 1 rings (SSSR count). The molecule has 0 saturated carbocycles. The van der Waals surface area contributed by atoms with E-state index in [9.17, 15) is 4.79 Å². The number of benzene rings is 1. The van der Waals surface area contributed by atoms with Gasteiger partial charge in [0.2, 0.25) is 0 Å². The first kappa shape index (κ1) is 15.5. The summed E-state index contributed by atoms with van der Waals surface area (Å²) in [5, 5.41) is 0. The van der Waals surface area contributed by atoms with Crippen molar-refractivity contribution in [3.05, 3.63) is 28.8 Å². The highest BCUT2D eigenvalue weighted by molar-refractivity contribution is 5.70. The van der Waals surface area contributed by atoms with E-state index in [-0.39, 0.29) is 12.0 Å². The van der Waals surface area contributed by atoms with E-state index in [2.05, 4.69) is 6.92 Å². The average molecular weight is 265 g/mol. The van der Waals surface area contributed by atoms with Crippen molar-refractivity contribution in [2.45, 2.75) is 26.3 Å². The maximum absolute atomic E-state index is 11.5. The average Bonchev–Trinajstić information content (AvgIpc) is 2.39. The second-order valence-corrected chi connectivity index (χ2v) is 4.87. The Morgan fingerprint density at radius 3 is 2.32 bits per heavy atom. The molecule has 0 N–H and O–H groups in total. The quantitative estimate of drug-likeness (QED) is 0.767. The van der Waals surface area contributed by atoms with Crippen LogP contribution in [0.15, 0.2) is 12.1 Å². The van der Waals surface area contributed by atoms with E-state index >= 15 is 0 Å². The van der Waals surface area contributed by atoms with Crippen LogP contribution in [0, 0.1) is 13.8 Å². The number of esters is 1. The van der Waals surface area contributed by atoms with Gasteiger partial charge in [-0.15, -0.1) is 0 Å². The van der Waals surface area contributed by atoms with Crippen LogP contribution >= 0.6 is 0 Å². The SMILES string of the molecule is COC(=O)CC(c1ccc(OC)c(C)c1C)N(C)C. The standard InChI is InChI=1S/C15H23NO3/c1-10-11(2)14(18-5)8-7-12(10)13(16(3)4)9-15(17)19-6/h7-8,13H,9H2,1-6H3. The first-order chi connectivity index (χ1) is 8.92. The number of nitrogens with zero attached hydrogens (tertiary/aromatic N) is 1. The Kier molecular flexibility index (Phi) is 5.36. The van der Waals surface area contributed by atoms with E-state index in [0.29, 0.717) is 6.42 Å². The van der Waals surface area contributed by atoms with Crippen molar-refractivity contribution < 1.29 is 14.3 Å². The normalized spacial score (nSPS) is 12.4. The van der Waals surface area contributed by atoms with Crippen LogP contribution < -0.4 is 4.74 Å². The summed E-state index contributed by atoms with van der Waals surface area (Å²) < 4.78 is 10.1. The lowest BCUT2D eigenvalue weighted by Crippen LogP contribution is -2.24. The fraction of sp³-hybridized carbons (Fsp3) is 0.533. The van der Waals surface area contributed by atoms with E-state index in [1.54, 1.807) is 7.11 Å². The Bertz CT molecular complexity index is 455. The molecule has 1 unspecified atom stereocenters. The third-order valence-electron chi connectivity index (χ3n) is 3.57. The molecule has 0 heterocycles. The molecule has 1 aromatic carbocycles. The molecule has 0 bridgehead atoms. The maximum Gasteiger partial charge on any atom is 0.307 e. The van der Waals surface area contributed by atoms with Gasteiger partial charge in [-0.05, 0) is 50.7 Å². The van der Waals surface area contributed by atoms with Crippen LogP contribution in [0.3, 0.4) is 0 Å². The zero-order valence-corrected chi connectivity index (χ0v) is 12.6. The summed E-state index contributed by atoms with van der Waals surface area (Å²) in [6.07, 6.45) is 0.343. The molecule has 4 nitrogen and oxygen atoms in total. The van der Waals surface area contributed by atoms with Gasteiger partial charge in [0.25, 0.3) is 0 Å². The highest BCUT2D eigenvalue weighted by atomic mass is 16.5. The van der Waals surface area contributed by atoms with Crippen LogP contribution in [0.1, 0.15) is 29.2 Å². The van der Waals surface area contributed by atoms with Gasteiger partial charge in [0.05, 0.1) is 20.6 Å². The molecule has 0 aliphatic rings. The van der Waals surface area contributed by atoms with Crippen molar-refractivity contribution in [2.24, 2.45) is 0 Å². The highest BCUT2D eigenvalue weighted by Gasteiger charge is 2.21. The molecule has 106 valence electrons. The Hall–Kier alpha value is -1.55. The number of hydrogen-bond acceptors (Lipinski definition) is 4. The molecule has 0 radical (unpaired) electrons. The van der Waals surface area contributed by atoms with Gasteiger partial charge in [-0.1, -0.05) is 6.07 Å². The second-order valence-electron chi connectivity index (χ2n) is 4.87. The second kappa shape index (κ2) is 6.57. The van der Waals surface area contributed by atoms with E-state index in [1.165, 1.54) is 7.11 Å². The van der Waals surface area contributed by atoms with E-state index in [4.69, 9.17) is 9.47 Å². The summed E-state index contributed by atoms with van der Waals surface area (Å²) in [4.78, 5) is 13.6. The monoisotopic (exact) mass is 265 g/mol. The summed E-state index contributed by atoms with van der Waals surface area (Å²) >= 11 is 0. The summed E-state index contributed by atoms with van der Waals surface area (Å²) in [5.74, 6) is 0.670. The first-order valence-electron chi connectivity index (χ1n) is 6.29. The van der Waals surface area contributed by atoms with Crippen LogP contribution in [-0.4, -0.2) is 39.2 Å². The minimum Gasteiger partial charge on any atom is -0.496 e. The van der Waals surface area contributed by atoms with Crippen molar-refractivity contribution in [3.63, 3.8) is 0 Å². The molecule has 0 amide bonds. The fourth-order valence-electron chi connectivity index (χ4n) is 2.21. The van der Waals surface area contributed by atoms with Crippen LogP contribution in [0.2, 0.25) is 0 Å². The molecule has 0 fully saturated rings. The number of rotatable bonds is 5. The van der Waals surface area contributed by atoms with Crippen LogP contribution in [0.4, 0.5) is 0 Å². The smallest absolute Gasteiger partial charge is 0.307 e. The van der Waals surface area contributed by atoms with Crippen LogP contribution in [0.25, 0.3) is 0 Å². The van der Waals surface area contributed by atoms with Gasteiger partial charge < -0.3 is 14.4 Å². The third kappa shape index (κ3) is 3.47. The maximum atomic E-state index is 11.5. The molecular weight excluding hydrogens is 242 g/mol. The fourth-order valence-corrected chi connectivity index (χ4v) is 2.21. The van der Waals surface area contributed by atoms with Gasteiger partial charge in [0, 0.05) is 6.04 Å². The Balaban J connectivity index is 3.17. The van der Waals surface area contributed by atoms with Crippen molar-refractivity contribution in [1.29, 1.82) is 0 Å². The van der Waals surface area contributed by atoms with Gasteiger partial charge >= 0.3 is 5.97 Å². The highest BCUT2D eigenvalue weighted by Crippen LogP contribution is 2.31. The number of ether oxygens (including phenoxy) is 2. The predicted octanol–water partition coefficient (Wildman–Crippen LogP) is 2.48. The van der Waals surface area contributed by atoms with Gasteiger partial charge in [-0.25, -0.2) is 0 Å². The lowest BCUT2D eigenvalue weighted by atomic mass is 9.94. The van der Waals surface area contributed by atoms with Crippen molar-refractivity contribution in [3.8, 4) is 5.75 Å². The number of hydrogen-bond donors (Lipinski definition) is 0. The Labute approximate surface area is 115 Å². The molecule has 0 aliphatic carbocycles. The largest absolute Gasteiger partial charge is 0.496 e. The summed E-state index contributed by atoms with van der Waals surface area (Å²) in [7, 11) is 7.01. The number of methoxy groups -OCH3 is 2. The lowest BCUT2D eigenvalue weighted by molar-refractivity contribution is -0.141. The summed E-state index contributed by atoms with van der Waals surface area (Å²) in [6.45, 7) is 4.09. The Morgan fingerprint density at radius 2 is 1.84 bits per heavy atom. The molecule has 0 saturated heterocycles. The molecule has 19 heavy (non-hydrogen) atoms. The Morgan fingerprint density at radius 1 is 1.21 bits per heavy atom. The van der Waals surface area contributed by atoms with E-state index < -0.39 is 0 Å². The molecule has 1 aromatic rings. The number of carbonyl (C=O) groups is 1. The first-order valence-corrected chi connectivity index (χ1v) is 6.29. The van der Waals surface area contributed by atoms with Gasteiger partial charge in [0.1, 0.15) is 5.75 Å². The zero-order chi connectivity index (χ0) is 14.6.